The maximum Gasteiger partial charge on any atom is 0.0753 e. The first-order valence-electron chi connectivity index (χ1n) is 3.55. The molecule has 0 aliphatic rings. The summed E-state index contributed by atoms with van der Waals surface area (Å²) in [7, 11) is 4.13. The first kappa shape index (κ1) is 8.92. The van der Waals surface area contributed by atoms with Crippen LogP contribution in [-0.4, -0.2) is 31.7 Å². The van der Waals surface area contributed by atoms with E-state index in [9.17, 15) is 0 Å². The lowest BCUT2D eigenvalue weighted by molar-refractivity contribution is 0.238. The third kappa shape index (κ3) is 3.49. The second-order valence-electron chi connectivity index (χ2n) is 2.35. The Hall–Kier alpha value is -0.0800. The number of rotatable bonds is 4. The zero-order valence-corrected chi connectivity index (χ0v) is 6.89. The molecule has 0 saturated heterocycles. The van der Waals surface area contributed by atoms with Gasteiger partial charge in [0.25, 0.3) is 0 Å². The van der Waals surface area contributed by atoms with Gasteiger partial charge < -0.3 is 0 Å². The summed E-state index contributed by atoms with van der Waals surface area (Å²) in [4.78, 5) is 2.14. The van der Waals surface area contributed by atoms with Gasteiger partial charge in [-0.1, -0.05) is 13.8 Å². The smallest absolute Gasteiger partial charge is 0.0753 e. The van der Waals surface area contributed by atoms with Crippen LogP contribution in [0.2, 0.25) is 0 Å². The van der Waals surface area contributed by atoms with Crippen LogP contribution in [0.25, 0.3) is 0 Å². The lowest BCUT2D eigenvalue weighted by Gasteiger charge is -2.21. The Labute approximate surface area is 58.2 Å². The molecule has 0 fully saturated rings. The van der Waals surface area contributed by atoms with E-state index >= 15 is 0 Å². The van der Waals surface area contributed by atoms with Crippen molar-refractivity contribution in [3.05, 3.63) is 0 Å². The molecule has 0 spiro atoms. The fourth-order valence-corrected chi connectivity index (χ4v) is 0.868. The van der Waals surface area contributed by atoms with Gasteiger partial charge in [0.05, 0.1) is 6.17 Å². The molecule has 1 atom stereocenters. The van der Waals surface area contributed by atoms with Crippen molar-refractivity contribution in [1.82, 2.24) is 10.2 Å². The highest BCUT2D eigenvalue weighted by atomic mass is 15.2. The average molecular weight is 129 g/mol. The lowest BCUT2D eigenvalue weighted by Crippen LogP contribution is -2.35. The summed E-state index contributed by atoms with van der Waals surface area (Å²) in [5, 5.41) is 4.37. The Balaban J connectivity index is 3.41. The van der Waals surface area contributed by atoms with Crippen molar-refractivity contribution in [3.63, 3.8) is 0 Å². The van der Waals surface area contributed by atoms with E-state index < -0.39 is 0 Å². The molecule has 2 heteroatoms. The first-order chi connectivity index (χ1) is 4.22. The van der Waals surface area contributed by atoms with Gasteiger partial charge in [0.2, 0.25) is 0 Å². The molecule has 1 unspecified atom stereocenters. The molecule has 0 amide bonds. The molecule has 0 bridgehead atoms. The van der Waals surface area contributed by atoms with Crippen LogP contribution >= 0.6 is 0 Å². The van der Waals surface area contributed by atoms with E-state index in [0.29, 0.717) is 6.17 Å². The van der Waals surface area contributed by atoms with Crippen LogP contribution in [0.3, 0.4) is 0 Å². The Morgan fingerprint density at radius 2 is 1.89 bits per heavy atom. The van der Waals surface area contributed by atoms with Gasteiger partial charge in [-0.3, -0.25) is 4.90 Å². The summed E-state index contributed by atoms with van der Waals surface area (Å²) < 4.78 is 0. The van der Waals surface area contributed by atoms with Crippen molar-refractivity contribution in [2.24, 2.45) is 0 Å². The van der Waals surface area contributed by atoms with E-state index in [-0.39, 0.29) is 0 Å². The van der Waals surface area contributed by atoms with Crippen molar-refractivity contribution in [2.75, 3.05) is 20.6 Å². The maximum atomic E-state index is 4.37. The Kier molecular flexibility index (Phi) is 4.72. The highest BCUT2D eigenvalue weighted by Gasteiger charge is 2.05. The number of nitrogens with zero attached hydrogens (tertiary/aromatic N) is 2. The van der Waals surface area contributed by atoms with Gasteiger partial charge in [-0.15, -0.1) is 0 Å². The largest absolute Gasteiger partial charge is 0.293 e. The quantitative estimate of drug-likeness (QED) is 0.551. The van der Waals surface area contributed by atoms with Crippen molar-refractivity contribution >= 4 is 0 Å². The summed E-state index contributed by atoms with van der Waals surface area (Å²) in [6.45, 7) is 5.16. The molecule has 0 aromatic heterocycles. The third-order valence-corrected chi connectivity index (χ3v) is 1.35. The predicted molar refractivity (Wildman–Crippen MR) is 40.4 cm³/mol. The van der Waals surface area contributed by atoms with Crippen LogP contribution in [-0.2, 0) is 0 Å². The third-order valence-electron chi connectivity index (χ3n) is 1.35. The summed E-state index contributed by atoms with van der Waals surface area (Å²) in [6.07, 6.45) is 1.54. The van der Waals surface area contributed by atoms with Gasteiger partial charge in [0.15, 0.2) is 0 Å². The van der Waals surface area contributed by atoms with Crippen molar-refractivity contribution in [3.8, 4) is 0 Å². The topological polar surface area (TPSA) is 17.3 Å². The Morgan fingerprint density at radius 1 is 1.33 bits per heavy atom. The summed E-state index contributed by atoms with van der Waals surface area (Å²) in [5.74, 6) is 0. The van der Waals surface area contributed by atoms with Crippen LogP contribution < -0.4 is 5.32 Å². The minimum atomic E-state index is 0.426. The van der Waals surface area contributed by atoms with Crippen molar-refractivity contribution in [2.45, 2.75) is 26.4 Å². The van der Waals surface area contributed by atoms with E-state index in [1.54, 1.807) is 0 Å². The van der Waals surface area contributed by atoms with Crippen LogP contribution in [0.1, 0.15) is 20.3 Å². The molecule has 0 aliphatic carbocycles. The van der Waals surface area contributed by atoms with E-state index in [1.165, 1.54) is 0 Å². The van der Waals surface area contributed by atoms with Gasteiger partial charge in [-0.2, -0.15) is 0 Å². The minimum Gasteiger partial charge on any atom is -0.293 e. The van der Waals surface area contributed by atoms with Gasteiger partial charge >= 0.3 is 0 Å². The predicted octanol–water partition coefficient (Wildman–Crippen LogP) is 0.908. The number of hydrogen-bond acceptors (Lipinski definition) is 1. The zero-order chi connectivity index (χ0) is 7.28. The van der Waals surface area contributed by atoms with Crippen LogP contribution in [0.4, 0.5) is 0 Å². The average Bonchev–Trinajstić information content (AvgIpc) is 1.82. The molecule has 1 radical (unpaired) electrons. The van der Waals surface area contributed by atoms with Crippen molar-refractivity contribution < 1.29 is 0 Å². The first-order valence-corrected chi connectivity index (χ1v) is 3.55. The zero-order valence-electron chi connectivity index (χ0n) is 6.89. The normalized spacial score (nSPS) is 14.3. The molecule has 2 nitrogen and oxygen atoms in total. The molecule has 0 aromatic carbocycles. The van der Waals surface area contributed by atoms with Crippen molar-refractivity contribution in [1.29, 1.82) is 0 Å². The standard InChI is InChI=1S/C7H17N2/c1-5-7(8-6-2)9(3)4/h7H,5-6H2,1-4H3. The molecule has 0 heterocycles. The molecular weight excluding hydrogens is 112 g/mol. The molecule has 0 N–H and O–H groups in total. The molecule has 0 aromatic rings. The van der Waals surface area contributed by atoms with E-state index in [1.807, 2.05) is 0 Å². The highest BCUT2D eigenvalue weighted by molar-refractivity contribution is 4.57. The molecule has 9 heavy (non-hydrogen) atoms. The van der Waals surface area contributed by atoms with Crippen LogP contribution in [0.5, 0.6) is 0 Å². The molecular formula is C7H17N2. The maximum absolute atomic E-state index is 4.37. The second kappa shape index (κ2) is 4.77. The summed E-state index contributed by atoms with van der Waals surface area (Å²) in [6, 6.07) is 0. The lowest BCUT2D eigenvalue weighted by atomic mass is 10.3. The van der Waals surface area contributed by atoms with Gasteiger partial charge in [-0.25, -0.2) is 5.32 Å². The summed E-state index contributed by atoms with van der Waals surface area (Å²) >= 11 is 0. The molecule has 55 valence electrons. The van der Waals surface area contributed by atoms with E-state index in [0.717, 1.165) is 13.0 Å². The Morgan fingerprint density at radius 3 is 2.00 bits per heavy atom. The molecule has 0 saturated carbocycles. The second-order valence-corrected chi connectivity index (χ2v) is 2.35. The molecule has 0 rings (SSSR count). The molecule has 0 aliphatic heterocycles. The minimum absolute atomic E-state index is 0.426. The SMILES string of the molecule is CC[N]C(CC)N(C)C. The van der Waals surface area contributed by atoms with Gasteiger partial charge in [-0.05, 0) is 20.5 Å². The van der Waals surface area contributed by atoms with E-state index in [2.05, 4.69) is 38.2 Å². The fraction of sp³-hybridized carbons (Fsp3) is 1.00. The van der Waals surface area contributed by atoms with E-state index in [4.69, 9.17) is 0 Å². The summed E-state index contributed by atoms with van der Waals surface area (Å²) in [5.41, 5.74) is 0. The Bertz CT molecular complexity index is 61.9. The van der Waals surface area contributed by atoms with Crippen LogP contribution in [0, 0.1) is 0 Å². The van der Waals surface area contributed by atoms with Crippen LogP contribution in [0.15, 0.2) is 0 Å². The number of hydrogen-bond donors (Lipinski definition) is 0. The fourth-order valence-electron chi connectivity index (χ4n) is 0.868. The highest BCUT2D eigenvalue weighted by Crippen LogP contribution is 1.94. The monoisotopic (exact) mass is 129 g/mol. The van der Waals surface area contributed by atoms with Gasteiger partial charge in [0.1, 0.15) is 0 Å². The van der Waals surface area contributed by atoms with Gasteiger partial charge in [0, 0.05) is 6.54 Å².